The van der Waals surface area contributed by atoms with Crippen molar-refractivity contribution in [3.63, 3.8) is 0 Å². The minimum absolute atomic E-state index is 0.0892. The Labute approximate surface area is 220 Å². The summed E-state index contributed by atoms with van der Waals surface area (Å²) >= 11 is 6.01. The highest BCUT2D eigenvalue weighted by molar-refractivity contribution is 6.29. The summed E-state index contributed by atoms with van der Waals surface area (Å²) in [6.07, 6.45) is 2.14. The number of ether oxygens (including phenoxy) is 2. The molecule has 9 heteroatoms. The van der Waals surface area contributed by atoms with E-state index in [1.165, 1.54) is 25.8 Å². The third-order valence-electron chi connectivity index (χ3n) is 6.56. The maximum absolute atomic E-state index is 14.1. The third-order valence-corrected chi connectivity index (χ3v) is 6.75. The van der Waals surface area contributed by atoms with E-state index in [4.69, 9.17) is 21.1 Å². The van der Waals surface area contributed by atoms with E-state index in [1.807, 2.05) is 29.2 Å². The largest absolute Gasteiger partial charge is 0.497 e. The molecular formula is C28H29ClFN3O4. The second-order valence-corrected chi connectivity index (χ2v) is 9.30. The van der Waals surface area contributed by atoms with Gasteiger partial charge in [-0.3, -0.25) is 9.59 Å². The van der Waals surface area contributed by atoms with Crippen LogP contribution in [0.4, 0.5) is 10.1 Å². The first kappa shape index (κ1) is 26.4. The standard InChI is InChI=1S/C28H29ClFN3O4/c1-36-23-9-5-20(24(30)17-23)6-10-26(34)31-22-7-3-18(4-8-22)19-11-13-33(14-12-19)28(35)21-15-25(29)32-27(16-21)37-2/h3-5,7-9,15-17,19H,6,10-14H2,1-2H3,(H,31,34). The van der Waals surface area contributed by atoms with Gasteiger partial charge in [-0.15, -0.1) is 0 Å². The number of piperidine rings is 1. The number of likely N-dealkylation sites (tertiary alicyclic amines) is 1. The van der Waals surface area contributed by atoms with Gasteiger partial charge in [0.05, 0.1) is 14.2 Å². The number of carbonyl (C=O) groups excluding carboxylic acids is 2. The van der Waals surface area contributed by atoms with Crippen LogP contribution in [0.2, 0.25) is 5.15 Å². The van der Waals surface area contributed by atoms with E-state index < -0.39 is 0 Å². The fourth-order valence-corrected chi connectivity index (χ4v) is 4.67. The lowest BCUT2D eigenvalue weighted by atomic mass is 9.89. The number of hydrogen-bond donors (Lipinski definition) is 1. The molecule has 0 saturated carbocycles. The van der Waals surface area contributed by atoms with Gasteiger partial charge in [-0.25, -0.2) is 9.37 Å². The fourth-order valence-electron chi connectivity index (χ4n) is 4.47. The Balaban J connectivity index is 1.27. The van der Waals surface area contributed by atoms with Crippen LogP contribution in [0.3, 0.4) is 0 Å². The quantitative estimate of drug-likeness (QED) is 0.394. The number of carbonyl (C=O) groups is 2. The Morgan fingerprint density at radius 3 is 2.43 bits per heavy atom. The molecule has 0 atom stereocenters. The summed E-state index contributed by atoms with van der Waals surface area (Å²) in [5.41, 5.74) is 2.80. The molecule has 0 spiro atoms. The summed E-state index contributed by atoms with van der Waals surface area (Å²) in [6.45, 7) is 1.26. The van der Waals surface area contributed by atoms with Crippen LogP contribution < -0.4 is 14.8 Å². The molecule has 3 aromatic rings. The zero-order valence-corrected chi connectivity index (χ0v) is 21.6. The molecule has 1 aromatic heterocycles. The number of aromatic nitrogens is 1. The molecule has 2 heterocycles. The van der Waals surface area contributed by atoms with Gasteiger partial charge in [0.1, 0.15) is 16.7 Å². The van der Waals surface area contributed by atoms with Crippen molar-refractivity contribution in [2.45, 2.75) is 31.6 Å². The maximum atomic E-state index is 14.1. The lowest BCUT2D eigenvalue weighted by Gasteiger charge is -2.32. The number of rotatable bonds is 8. The highest BCUT2D eigenvalue weighted by atomic mass is 35.5. The second-order valence-electron chi connectivity index (χ2n) is 8.91. The third kappa shape index (κ3) is 6.77. The number of nitrogens with zero attached hydrogens (tertiary/aromatic N) is 2. The van der Waals surface area contributed by atoms with Crippen LogP contribution >= 0.6 is 11.6 Å². The topological polar surface area (TPSA) is 80.8 Å². The van der Waals surface area contributed by atoms with E-state index in [2.05, 4.69) is 10.3 Å². The molecule has 2 aromatic carbocycles. The zero-order chi connectivity index (χ0) is 26.4. The first-order valence-electron chi connectivity index (χ1n) is 12.1. The molecular weight excluding hydrogens is 497 g/mol. The van der Waals surface area contributed by atoms with E-state index in [9.17, 15) is 14.0 Å². The van der Waals surface area contributed by atoms with Crippen LogP contribution in [-0.4, -0.2) is 49.0 Å². The van der Waals surface area contributed by atoms with Gasteiger partial charge >= 0.3 is 0 Å². The van der Waals surface area contributed by atoms with Gasteiger partial charge in [0, 0.05) is 42.9 Å². The zero-order valence-electron chi connectivity index (χ0n) is 20.8. The summed E-state index contributed by atoms with van der Waals surface area (Å²) in [7, 11) is 2.97. The van der Waals surface area contributed by atoms with E-state index in [0.29, 0.717) is 53.9 Å². The average molecular weight is 526 g/mol. The lowest BCUT2D eigenvalue weighted by Crippen LogP contribution is -2.38. The first-order valence-corrected chi connectivity index (χ1v) is 12.5. The molecule has 2 amide bonds. The van der Waals surface area contributed by atoms with Crippen molar-refractivity contribution in [3.05, 3.63) is 82.3 Å². The van der Waals surface area contributed by atoms with E-state index >= 15 is 0 Å². The molecule has 1 saturated heterocycles. The minimum Gasteiger partial charge on any atom is -0.497 e. The number of methoxy groups -OCH3 is 2. The van der Waals surface area contributed by atoms with Gasteiger partial charge in [0.15, 0.2) is 0 Å². The first-order chi connectivity index (χ1) is 17.9. The summed E-state index contributed by atoms with van der Waals surface area (Å²) in [6, 6.07) is 15.6. The molecule has 0 unspecified atom stereocenters. The van der Waals surface area contributed by atoms with Crippen LogP contribution in [0, 0.1) is 5.82 Å². The molecule has 194 valence electrons. The van der Waals surface area contributed by atoms with Gasteiger partial charge < -0.3 is 19.7 Å². The second kappa shape index (κ2) is 12.1. The predicted octanol–water partition coefficient (Wildman–Crippen LogP) is 5.48. The smallest absolute Gasteiger partial charge is 0.254 e. The molecule has 7 nitrogen and oxygen atoms in total. The summed E-state index contributed by atoms with van der Waals surface area (Å²) < 4.78 is 24.2. The van der Waals surface area contributed by atoms with Gasteiger partial charge in [0.25, 0.3) is 5.91 Å². The van der Waals surface area contributed by atoms with Crippen LogP contribution in [0.1, 0.15) is 46.7 Å². The van der Waals surface area contributed by atoms with E-state index in [-0.39, 0.29) is 29.2 Å². The van der Waals surface area contributed by atoms with Crippen molar-refractivity contribution in [3.8, 4) is 11.6 Å². The number of halogens is 2. The predicted molar refractivity (Wildman–Crippen MR) is 140 cm³/mol. The molecule has 1 aliphatic rings. The molecule has 0 aliphatic carbocycles. The highest BCUT2D eigenvalue weighted by Gasteiger charge is 2.25. The Hall–Kier alpha value is -3.65. The van der Waals surface area contributed by atoms with Gasteiger partial charge in [0.2, 0.25) is 11.8 Å². The van der Waals surface area contributed by atoms with Crippen LogP contribution in [-0.2, 0) is 11.2 Å². The molecule has 0 bridgehead atoms. The van der Waals surface area contributed by atoms with Crippen molar-refractivity contribution in [2.75, 3.05) is 32.6 Å². The lowest BCUT2D eigenvalue weighted by molar-refractivity contribution is -0.116. The van der Waals surface area contributed by atoms with Crippen LogP contribution in [0.15, 0.2) is 54.6 Å². The Kier molecular flexibility index (Phi) is 8.61. The van der Waals surface area contributed by atoms with Crippen LogP contribution in [0.5, 0.6) is 11.6 Å². The molecule has 0 radical (unpaired) electrons. The number of anilines is 1. The Bertz CT molecular complexity index is 1260. The maximum Gasteiger partial charge on any atom is 0.254 e. The van der Waals surface area contributed by atoms with Crippen molar-refractivity contribution < 1.29 is 23.5 Å². The van der Waals surface area contributed by atoms with Crippen molar-refractivity contribution in [1.29, 1.82) is 0 Å². The summed E-state index contributed by atoms with van der Waals surface area (Å²) in [5, 5.41) is 3.09. The average Bonchev–Trinajstić information content (AvgIpc) is 2.92. The number of hydrogen-bond acceptors (Lipinski definition) is 5. The SMILES string of the molecule is COc1ccc(CCC(=O)Nc2ccc(C3CCN(C(=O)c4cc(Cl)nc(OC)c4)CC3)cc2)c(F)c1. The van der Waals surface area contributed by atoms with Crippen molar-refractivity contribution >= 4 is 29.1 Å². The van der Waals surface area contributed by atoms with Gasteiger partial charge in [-0.2, -0.15) is 0 Å². The number of nitrogens with one attached hydrogen (secondary N) is 1. The minimum atomic E-state index is -0.381. The number of amides is 2. The molecule has 1 aliphatic heterocycles. The molecule has 37 heavy (non-hydrogen) atoms. The molecule has 1 fully saturated rings. The Morgan fingerprint density at radius 1 is 1.05 bits per heavy atom. The highest BCUT2D eigenvalue weighted by Crippen LogP contribution is 2.30. The summed E-state index contributed by atoms with van der Waals surface area (Å²) in [4.78, 5) is 31.1. The van der Waals surface area contributed by atoms with Crippen molar-refractivity contribution in [1.82, 2.24) is 9.88 Å². The fraction of sp³-hybridized carbons (Fsp3) is 0.321. The van der Waals surface area contributed by atoms with E-state index in [0.717, 1.165) is 12.8 Å². The number of benzene rings is 2. The van der Waals surface area contributed by atoms with Crippen LogP contribution in [0.25, 0.3) is 0 Å². The van der Waals surface area contributed by atoms with Gasteiger partial charge in [-0.05, 0) is 60.6 Å². The summed E-state index contributed by atoms with van der Waals surface area (Å²) in [5.74, 6) is 0.431. The van der Waals surface area contributed by atoms with Crippen molar-refractivity contribution in [2.24, 2.45) is 0 Å². The molecule has 1 N–H and O–H groups in total. The molecule has 4 rings (SSSR count). The van der Waals surface area contributed by atoms with Gasteiger partial charge in [-0.1, -0.05) is 29.8 Å². The Morgan fingerprint density at radius 2 is 1.78 bits per heavy atom. The monoisotopic (exact) mass is 525 g/mol. The normalized spacial score (nSPS) is 13.8. The number of aryl methyl sites for hydroxylation is 1. The number of pyridine rings is 1. The van der Waals surface area contributed by atoms with E-state index in [1.54, 1.807) is 24.3 Å².